The smallest absolute Gasteiger partial charge is 0.340 e. The Morgan fingerprint density at radius 1 is 1.14 bits per heavy atom. The van der Waals surface area contributed by atoms with Crippen molar-refractivity contribution in [1.29, 1.82) is 0 Å². The van der Waals surface area contributed by atoms with Gasteiger partial charge in [-0.1, -0.05) is 0 Å². The Morgan fingerprint density at radius 2 is 1.67 bits per heavy atom. The van der Waals surface area contributed by atoms with Crippen LogP contribution in [0.1, 0.15) is 17.3 Å². The molecule has 118 valence electrons. The van der Waals surface area contributed by atoms with E-state index >= 15 is 0 Å². The quantitative estimate of drug-likeness (QED) is 0.791. The van der Waals surface area contributed by atoms with Crippen LogP contribution < -0.4 is 20.5 Å². The van der Waals surface area contributed by atoms with Crippen molar-refractivity contribution in [1.82, 2.24) is 0 Å². The van der Waals surface area contributed by atoms with Crippen molar-refractivity contribution in [3.8, 4) is 11.5 Å². The monoisotopic (exact) mass is 318 g/mol. The number of carbonyl (C=O) groups is 2. The first kappa shape index (κ1) is 19.0. The van der Waals surface area contributed by atoms with Gasteiger partial charge in [0.25, 0.3) is 0 Å². The van der Waals surface area contributed by atoms with Gasteiger partial charge in [0.1, 0.15) is 0 Å². The molecule has 1 amide bonds. The second-order valence-electron chi connectivity index (χ2n) is 4.02. The van der Waals surface area contributed by atoms with Crippen LogP contribution in [0.4, 0.5) is 5.69 Å². The average molecular weight is 319 g/mol. The second kappa shape index (κ2) is 8.33. The predicted molar refractivity (Wildman–Crippen MR) is 80.4 cm³/mol. The minimum atomic E-state index is -0.714. The number of rotatable bonds is 5. The molecule has 0 aromatic heterocycles. The number of nitrogens with two attached hydrogens (primary N) is 1. The van der Waals surface area contributed by atoms with Gasteiger partial charge in [-0.3, -0.25) is 4.79 Å². The largest absolute Gasteiger partial charge is 0.493 e. The van der Waals surface area contributed by atoms with Crippen LogP contribution in [-0.2, 0) is 9.53 Å². The van der Waals surface area contributed by atoms with E-state index in [0.29, 0.717) is 11.5 Å². The summed E-state index contributed by atoms with van der Waals surface area (Å²) < 4.78 is 14.9. The Labute approximate surface area is 129 Å². The van der Waals surface area contributed by atoms with Gasteiger partial charge in [-0.25, -0.2) is 4.79 Å². The summed E-state index contributed by atoms with van der Waals surface area (Å²) in [7, 11) is 4.14. The van der Waals surface area contributed by atoms with E-state index in [2.05, 4.69) is 10.1 Å². The highest BCUT2D eigenvalue weighted by atomic mass is 35.5. The molecular formula is C13H19ClN2O5. The van der Waals surface area contributed by atoms with Crippen LogP contribution in [-0.4, -0.2) is 39.2 Å². The van der Waals surface area contributed by atoms with E-state index in [4.69, 9.17) is 15.2 Å². The molecule has 0 fully saturated rings. The van der Waals surface area contributed by atoms with E-state index < -0.39 is 17.9 Å². The molecule has 0 heterocycles. The van der Waals surface area contributed by atoms with E-state index in [9.17, 15) is 9.59 Å². The minimum absolute atomic E-state index is 0. The lowest BCUT2D eigenvalue weighted by Gasteiger charge is -2.15. The number of methoxy groups -OCH3 is 3. The molecule has 0 aliphatic carbocycles. The fraction of sp³-hybridized carbons (Fsp3) is 0.385. The van der Waals surface area contributed by atoms with Gasteiger partial charge < -0.3 is 25.3 Å². The minimum Gasteiger partial charge on any atom is -0.493 e. The first-order valence-corrected chi connectivity index (χ1v) is 5.85. The maximum absolute atomic E-state index is 11.8. The Bertz CT molecular complexity index is 520. The van der Waals surface area contributed by atoms with Gasteiger partial charge in [-0.15, -0.1) is 12.4 Å². The molecule has 21 heavy (non-hydrogen) atoms. The molecule has 0 saturated carbocycles. The zero-order chi connectivity index (χ0) is 15.3. The number of nitrogens with one attached hydrogen (secondary N) is 1. The van der Waals surface area contributed by atoms with Gasteiger partial charge in [0.2, 0.25) is 5.91 Å². The summed E-state index contributed by atoms with van der Waals surface area (Å²) >= 11 is 0. The molecule has 1 aromatic carbocycles. The molecular weight excluding hydrogens is 300 g/mol. The van der Waals surface area contributed by atoms with Crippen molar-refractivity contribution < 1.29 is 23.8 Å². The molecule has 0 unspecified atom stereocenters. The number of benzene rings is 1. The summed E-state index contributed by atoms with van der Waals surface area (Å²) in [5, 5.41) is 2.55. The molecule has 0 spiro atoms. The van der Waals surface area contributed by atoms with Crippen molar-refractivity contribution in [3.63, 3.8) is 0 Å². The van der Waals surface area contributed by atoms with Gasteiger partial charge in [-0.2, -0.15) is 0 Å². The lowest BCUT2D eigenvalue weighted by atomic mass is 10.1. The fourth-order valence-corrected chi connectivity index (χ4v) is 1.51. The first-order valence-electron chi connectivity index (χ1n) is 5.85. The zero-order valence-electron chi connectivity index (χ0n) is 12.3. The number of halogens is 1. The van der Waals surface area contributed by atoms with Crippen LogP contribution in [0.5, 0.6) is 11.5 Å². The van der Waals surface area contributed by atoms with Crippen molar-refractivity contribution in [2.24, 2.45) is 5.73 Å². The molecule has 0 bridgehead atoms. The van der Waals surface area contributed by atoms with Crippen molar-refractivity contribution >= 4 is 30.0 Å². The Morgan fingerprint density at radius 3 is 2.10 bits per heavy atom. The third kappa shape index (κ3) is 4.51. The molecule has 0 saturated heterocycles. The maximum atomic E-state index is 11.8. The van der Waals surface area contributed by atoms with E-state index in [0.717, 1.165) is 0 Å². The van der Waals surface area contributed by atoms with Gasteiger partial charge in [0, 0.05) is 12.1 Å². The van der Waals surface area contributed by atoms with Gasteiger partial charge in [0.15, 0.2) is 11.5 Å². The van der Waals surface area contributed by atoms with Crippen LogP contribution >= 0.6 is 12.4 Å². The van der Waals surface area contributed by atoms with Crippen molar-refractivity contribution in [2.75, 3.05) is 26.6 Å². The number of esters is 1. The lowest BCUT2D eigenvalue weighted by molar-refractivity contribution is -0.117. The third-order valence-electron chi connectivity index (χ3n) is 2.60. The highest BCUT2D eigenvalue weighted by molar-refractivity contribution is 6.03. The van der Waals surface area contributed by atoms with Gasteiger partial charge >= 0.3 is 5.97 Å². The highest BCUT2D eigenvalue weighted by Crippen LogP contribution is 2.33. The maximum Gasteiger partial charge on any atom is 0.340 e. The summed E-state index contributed by atoms with van der Waals surface area (Å²) in [6.07, 6.45) is 0. The summed E-state index contributed by atoms with van der Waals surface area (Å²) in [4.78, 5) is 23.4. The van der Waals surface area contributed by atoms with Crippen LogP contribution in [0, 0.1) is 0 Å². The van der Waals surface area contributed by atoms with Crippen molar-refractivity contribution in [2.45, 2.75) is 13.0 Å². The topological polar surface area (TPSA) is 99.9 Å². The second-order valence-corrected chi connectivity index (χ2v) is 4.02. The number of carbonyl (C=O) groups excluding carboxylic acids is 2. The fourth-order valence-electron chi connectivity index (χ4n) is 1.51. The molecule has 1 atom stereocenters. The molecule has 0 aliphatic heterocycles. The Balaban J connectivity index is 0.00000400. The predicted octanol–water partition coefficient (Wildman–Crippen LogP) is 1.20. The Kier molecular flexibility index (Phi) is 7.54. The van der Waals surface area contributed by atoms with Crippen LogP contribution in [0.25, 0.3) is 0 Å². The van der Waals surface area contributed by atoms with Crippen molar-refractivity contribution in [3.05, 3.63) is 17.7 Å². The molecule has 0 aliphatic rings. The van der Waals surface area contributed by atoms with E-state index in [1.54, 1.807) is 0 Å². The van der Waals surface area contributed by atoms with Gasteiger partial charge in [0.05, 0.1) is 38.6 Å². The number of amides is 1. The van der Waals surface area contributed by atoms with Gasteiger partial charge in [-0.05, 0) is 6.92 Å². The lowest BCUT2D eigenvalue weighted by Crippen LogP contribution is -2.33. The normalized spacial score (nSPS) is 10.9. The Hall–Kier alpha value is -1.99. The standard InChI is InChI=1S/C13H18N2O5.ClH/c1-7(14)12(16)15-9-6-11(19-3)10(18-2)5-8(9)13(17)20-4;/h5-7H,14H2,1-4H3,(H,15,16);1H/t7-;/m0./s1. The van der Waals surface area contributed by atoms with Crippen LogP contribution in [0.3, 0.4) is 0 Å². The zero-order valence-corrected chi connectivity index (χ0v) is 13.1. The van der Waals surface area contributed by atoms with Crippen LogP contribution in [0.2, 0.25) is 0 Å². The molecule has 1 rings (SSSR count). The van der Waals surface area contributed by atoms with E-state index in [-0.39, 0.29) is 23.7 Å². The first-order chi connectivity index (χ1) is 9.44. The summed E-state index contributed by atoms with van der Waals surface area (Å²) in [5.41, 5.74) is 5.88. The van der Waals surface area contributed by atoms with E-state index in [1.165, 1.54) is 40.4 Å². The molecule has 3 N–H and O–H groups in total. The molecule has 7 nitrogen and oxygen atoms in total. The van der Waals surface area contributed by atoms with E-state index in [1.807, 2.05) is 0 Å². The number of anilines is 1. The number of hydrogen-bond donors (Lipinski definition) is 2. The molecule has 8 heteroatoms. The summed E-state index contributed by atoms with van der Waals surface area (Å²) in [5.74, 6) is -0.305. The number of ether oxygens (including phenoxy) is 3. The SMILES string of the molecule is COC(=O)c1cc(OC)c(OC)cc1NC(=O)[C@H](C)N.Cl. The number of hydrogen-bond acceptors (Lipinski definition) is 6. The average Bonchev–Trinajstić information content (AvgIpc) is 2.45. The van der Waals surface area contributed by atoms with Crippen LogP contribution in [0.15, 0.2) is 12.1 Å². The molecule has 0 radical (unpaired) electrons. The summed E-state index contributed by atoms with van der Waals surface area (Å²) in [6, 6.07) is 2.20. The molecule has 1 aromatic rings. The third-order valence-corrected chi connectivity index (χ3v) is 2.60. The summed E-state index contributed by atoms with van der Waals surface area (Å²) in [6.45, 7) is 1.54. The highest BCUT2D eigenvalue weighted by Gasteiger charge is 2.19.